The number of aliphatic hydroxyl groups is 1. The number of pyridine rings is 1. The molecule has 2 N–H and O–H groups in total. The summed E-state index contributed by atoms with van der Waals surface area (Å²) in [6, 6.07) is 12.8. The lowest BCUT2D eigenvalue weighted by Crippen LogP contribution is -2.30. The number of nitrogens with zero attached hydrogens (tertiary/aromatic N) is 1. The van der Waals surface area contributed by atoms with Crippen molar-refractivity contribution in [1.29, 1.82) is 0 Å². The van der Waals surface area contributed by atoms with Crippen LogP contribution in [0.15, 0.2) is 53.5 Å². The number of rotatable bonds is 6. The third-order valence-corrected chi connectivity index (χ3v) is 4.73. The number of H-pyrrole nitrogens is 1. The van der Waals surface area contributed by atoms with E-state index in [1.54, 1.807) is 25.2 Å². The summed E-state index contributed by atoms with van der Waals surface area (Å²) in [6.45, 7) is 0.479. The normalized spacial score (nSPS) is 10.9. The Balaban J connectivity index is 1.88. The summed E-state index contributed by atoms with van der Waals surface area (Å²) in [5, 5.41) is 10.1. The van der Waals surface area contributed by atoms with E-state index >= 15 is 0 Å². The average Bonchev–Trinajstić information content (AvgIpc) is 2.68. The highest BCUT2D eigenvalue weighted by Crippen LogP contribution is 2.15. The second-order valence-electron chi connectivity index (χ2n) is 6.53. The van der Waals surface area contributed by atoms with Crippen molar-refractivity contribution >= 4 is 28.4 Å². The van der Waals surface area contributed by atoms with Crippen LogP contribution in [0.2, 0.25) is 5.02 Å². The van der Waals surface area contributed by atoms with E-state index in [1.165, 1.54) is 11.1 Å². The highest BCUT2D eigenvalue weighted by molar-refractivity contribution is 6.30. The molecule has 3 rings (SSSR count). The number of hydrogen-bond acceptors (Lipinski definition) is 3. The second kappa shape index (κ2) is 8.37. The van der Waals surface area contributed by atoms with Crippen molar-refractivity contribution in [3.8, 4) is 0 Å². The Kier molecular flexibility index (Phi) is 5.94. The van der Waals surface area contributed by atoms with Gasteiger partial charge in [0, 0.05) is 42.3 Å². The van der Waals surface area contributed by atoms with Gasteiger partial charge in [-0.15, -0.1) is 0 Å². The van der Waals surface area contributed by atoms with E-state index in [0.29, 0.717) is 35.3 Å². The number of halogens is 1. The number of carbonyl (C=O) groups is 1. The Labute approximate surface area is 162 Å². The van der Waals surface area contributed by atoms with E-state index in [2.05, 4.69) is 4.98 Å². The van der Waals surface area contributed by atoms with Gasteiger partial charge in [-0.2, -0.15) is 0 Å². The van der Waals surface area contributed by atoms with Crippen LogP contribution in [0.5, 0.6) is 0 Å². The fourth-order valence-electron chi connectivity index (χ4n) is 3.00. The number of amides is 1. The fourth-order valence-corrected chi connectivity index (χ4v) is 3.13. The zero-order valence-electron chi connectivity index (χ0n) is 15.0. The van der Waals surface area contributed by atoms with Gasteiger partial charge < -0.3 is 15.0 Å². The predicted molar refractivity (Wildman–Crippen MR) is 107 cm³/mol. The van der Waals surface area contributed by atoms with E-state index < -0.39 is 0 Å². The summed E-state index contributed by atoms with van der Waals surface area (Å²) in [5.41, 5.74) is 2.39. The van der Waals surface area contributed by atoms with Crippen molar-refractivity contribution in [3.63, 3.8) is 0 Å². The number of aliphatic hydroxyl groups excluding tert-OH is 1. The molecule has 3 aromatic rings. The zero-order chi connectivity index (χ0) is 19.4. The molecule has 0 unspecified atom stereocenters. The van der Waals surface area contributed by atoms with E-state index in [-0.39, 0.29) is 23.5 Å². The summed E-state index contributed by atoms with van der Waals surface area (Å²) in [6.07, 6.45) is 2.78. The summed E-state index contributed by atoms with van der Waals surface area (Å²) in [5.74, 6) is -0.339. The molecule has 0 saturated heterocycles. The number of hydrogen-bond donors (Lipinski definition) is 2. The van der Waals surface area contributed by atoms with Crippen molar-refractivity contribution < 1.29 is 9.90 Å². The lowest BCUT2D eigenvalue weighted by molar-refractivity contribution is 0.0783. The third kappa shape index (κ3) is 4.38. The van der Waals surface area contributed by atoms with Crippen LogP contribution in [-0.4, -0.2) is 34.6 Å². The van der Waals surface area contributed by atoms with Gasteiger partial charge in [0.1, 0.15) is 5.56 Å². The highest BCUT2D eigenvalue weighted by Gasteiger charge is 2.17. The molecule has 5 nitrogen and oxygen atoms in total. The minimum absolute atomic E-state index is 0.0996. The molecule has 0 aliphatic heterocycles. The monoisotopic (exact) mass is 384 g/mol. The Bertz CT molecular complexity index is 1010. The van der Waals surface area contributed by atoms with Crippen LogP contribution < -0.4 is 5.43 Å². The topological polar surface area (TPSA) is 73.4 Å². The molecule has 1 amide bonds. The van der Waals surface area contributed by atoms with Crippen LogP contribution in [-0.2, 0) is 13.0 Å². The van der Waals surface area contributed by atoms with E-state index in [9.17, 15) is 9.59 Å². The maximum atomic E-state index is 12.9. The molecule has 6 heteroatoms. The number of aromatic amines is 1. The summed E-state index contributed by atoms with van der Waals surface area (Å²) >= 11 is 5.89. The molecule has 0 spiro atoms. The van der Waals surface area contributed by atoms with Crippen LogP contribution in [0.1, 0.15) is 27.9 Å². The first-order chi connectivity index (χ1) is 13.0. The molecule has 0 fully saturated rings. The Hall–Kier alpha value is -2.63. The highest BCUT2D eigenvalue weighted by atomic mass is 35.5. The molecule has 0 atom stereocenters. The quantitative estimate of drug-likeness (QED) is 0.684. The summed E-state index contributed by atoms with van der Waals surface area (Å²) in [7, 11) is 1.66. The SMILES string of the molecule is CN(Cc1ccc(Cl)cc1)C(=O)c1c[nH]c2ccc(CCCO)cc2c1=O. The first-order valence-corrected chi connectivity index (χ1v) is 9.12. The number of benzene rings is 2. The first kappa shape index (κ1) is 19.1. The molecular formula is C21H21ClN2O3. The van der Waals surface area contributed by atoms with Gasteiger partial charge in [-0.05, 0) is 48.2 Å². The molecule has 1 aromatic heterocycles. The van der Waals surface area contributed by atoms with E-state index in [0.717, 1.165) is 11.1 Å². The molecule has 0 saturated carbocycles. The first-order valence-electron chi connectivity index (χ1n) is 8.74. The van der Waals surface area contributed by atoms with Gasteiger partial charge in [0.2, 0.25) is 5.43 Å². The number of nitrogens with one attached hydrogen (secondary N) is 1. The average molecular weight is 385 g/mol. The van der Waals surface area contributed by atoms with Crippen LogP contribution >= 0.6 is 11.6 Å². The Morgan fingerprint density at radius 3 is 2.56 bits per heavy atom. The largest absolute Gasteiger partial charge is 0.396 e. The molecule has 27 heavy (non-hydrogen) atoms. The maximum Gasteiger partial charge on any atom is 0.259 e. The number of fused-ring (bicyclic) bond motifs is 1. The second-order valence-corrected chi connectivity index (χ2v) is 6.96. The minimum Gasteiger partial charge on any atom is -0.396 e. The molecular weight excluding hydrogens is 364 g/mol. The van der Waals surface area contributed by atoms with Gasteiger partial charge in [0.05, 0.1) is 0 Å². The molecule has 0 radical (unpaired) electrons. The van der Waals surface area contributed by atoms with Gasteiger partial charge in [-0.1, -0.05) is 29.8 Å². The lowest BCUT2D eigenvalue weighted by Gasteiger charge is -2.17. The van der Waals surface area contributed by atoms with Crippen LogP contribution in [0, 0.1) is 0 Å². The van der Waals surface area contributed by atoms with Crippen molar-refractivity contribution in [2.75, 3.05) is 13.7 Å². The Morgan fingerprint density at radius 1 is 1.15 bits per heavy atom. The van der Waals surface area contributed by atoms with E-state index in [4.69, 9.17) is 16.7 Å². The Morgan fingerprint density at radius 2 is 1.85 bits per heavy atom. The van der Waals surface area contributed by atoms with Crippen LogP contribution in [0.3, 0.4) is 0 Å². The van der Waals surface area contributed by atoms with Gasteiger partial charge in [-0.3, -0.25) is 9.59 Å². The summed E-state index contributed by atoms with van der Waals surface area (Å²) in [4.78, 5) is 30.2. The fraction of sp³-hybridized carbons (Fsp3) is 0.238. The van der Waals surface area contributed by atoms with Crippen LogP contribution in [0.25, 0.3) is 10.9 Å². The molecule has 0 aliphatic carbocycles. The number of aromatic nitrogens is 1. The van der Waals surface area contributed by atoms with Gasteiger partial charge in [0.25, 0.3) is 5.91 Å². The summed E-state index contributed by atoms with van der Waals surface area (Å²) < 4.78 is 0. The standard InChI is InChI=1S/C21H21ClN2O3/c1-24(13-15-4-7-16(22)8-5-15)21(27)18-12-23-19-9-6-14(3-2-10-25)11-17(19)20(18)26/h4-9,11-12,25H,2-3,10,13H2,1H3,(H,23,26). The zero-order valence-corrected chi connectivity index (χ0v) is 15.8. The van der Waals surface area contributed by atoms with Crippen molar-refractivity contribution in [2.24, 2.45) is 0 Å². The minimum atomic E-state index is -0.339. The van der Waals surface area contributed by atoms with Gasteiger partial charge in [0.15, 0.2) is 0 Å². The van der Waals surface area contributed by atoms with Gasteiger partial charge in [-0.25, -0.2) is 0 Å². The molecule has 0 bridgehead atoms. The number of aryl methyl sites for hydroxylation is 1. The van der Waals surface area contributed by atoms with Crippen LogP contribution in [0.4, 0.5) is 0 Å². The predicted octanol–water partition coefficient (Wildman–Crippen LogP) is 3.38. The van der Waals surface area contributed by atoms with Crippen molar-refractivity contribution in [1.82, 2.24) is 9.88 Å². The lowest BCUT2D eigenvalue weighted by atomic mass is 10.0. The van der Waals surface area contributed by atoms with Gasteiger partial charge >= 0.3 is 0 Å². The maximum absolute atomic E-state index is 12.9. The molecule has 1 heterocycles. The van der Waals surface area contributed by atoms with Crippen molar-refractivity contribution in [2.45, 2.75) is 19.4 Å². The smallest absolute Gasteiger partial charge is 0.259 e. The molecule has 140 valence electrons. The molecule has 0 aliphatic rings. The van der Waals surface area contributed by atoms with Crippen molar-refractivity contribution in [3.05, 3.63) is 80.6 Å². The van der Waals surface area contributed by atoms with E-state index in [1.807, 2.05) is 24.3 Å². The number of carbonyl (C=O) groups excluding carboxylic acids is 1. The molecule has 2 aromatic carbocycles. The third-order valence-electron chi connectivity index (χ3n) is 4.48.